The monoisotopic (exact) mass is 551 g/mol. The molecule has 0 spiro atoms. The number of halogens is 3. The highest BCUT2D eigenvalue weighted by molar-refractivity contribution is 6.12. The van der Waals surface area contributed by atoms with Crippen molar-refractivity contribution in [3.05, 3.63) is 54.3 Å². The molecule has 0 aliphatic heterocycles. The first-order valence-corrected chi connectivity index (χ1v) is 12.0. The number of pyridine rings is 1. The fraction of sp³-hybridized carbons (Fsp3) is 0.400. The standard InChI is InChI=1S/C25H32F3N7O4/c1-5-10-35(24(38)15(2)6-7-16(3)36)21(29)18(12-30-4)33-22(37)19-13-39-23(34-19)17-8-9-31-20(11-17)32-14-25(26,27)28/h8-9,11-13,16,29-30,36H,2,5-7,10,14H2,1,3-4H3,(H,31,32)(H,33,37)/b18-12+,29-21?. The lowest BCUT2D eigenvalue weighted by molar-refractivity contribution is -0.123. The van der Waals surface area contributed by atoms with Gasteiger partial charge >= 0.3 is 6.18 Å². The first kappa shape index (κ1) is 31.0. The van der Waals surface area contributed by atoms with Crippen molar-refractivity contribution in [1.82, 2.24) is 25.5 Å². The highest BCUT2D eigenvalue weighted by Gasteiger charge is 2.27. The number of carbonyl (C=O) groups excluding carboxylic acids is 2. The Bertz CT molecular complexity index is 1210. The van der Waals surface area contributed by atoms with E-state index in [0.29, 0.717) is 12.8 Å². The van der Waals surface area contributed by atoms with Crippen LogP contribution in [0.2, 0.25) is 0 Å². The maximum absolute atomic E-state index is 13.0. The van der Waals surface area contributed by atoms with Crippen molar-refractivity contribution in [2.24, 2.45) is 0 Å². The molecule has 1 unspecified atom stereocenters. The fourth-order valence-corrected chi connectivity index (χ4v) is 3.22. The molecule has 0 aliphatic carbocycles. The van der Waals surface area contributed by atoms with Crippen molar-refractivity contribution in [1.29, 1.82) is 5.41 Å². The molecule has 14 heteroatoms. The summed E-state index contributed by atoms with van der Waals surface area (Å²) in [5.74, 6) is -1.64. The molecular weight excluding hydrogens is 519 g/mol. The minimum absolute atomic E-state index is 0.0280. The first-order valence-electron chi connectivity index (χ1n) is 12.0. The van der Waals surface area contributed by atoms with E-state index in [1.165, 1.54) is 29.4 Å². The number of amidine groups is 1. The van der Waals surface area contributed by atoms with Gasteiger partial charge in [-0.2, -0.15) is 13.2 Å². The van der Waals surface area contributed by atoms with Gasteiger partial charge in [0.15, 0.2) is 11.5 Å². The summed E-state index contributed by atoms with van der Waals surface area (Å²) in [4.78, 5) is 35.0. The number of aromatic nitrogens is 2. The van der Waals surface area contributed by atoms with Crippen LogP contribution in [0.4, 0.5) is 19.0 Å². The molecule has 11 nitrogen and oxygen atoms in total. The zero-order valence-electron chi connectivity index (χ0n) is 21.9. The van der Waals surface area contributed by atoms with E-state index < -0.39 is 30.6 Å². The molecular formula is C25H32F3N7O4. The Hall–Kier alpha value is -4.20. The van der Waals surface area contributed by atoms with Gasteiger partial charge in [0, 0.05) is 37.1 Å². The number of oxazole rings is 1. The number of alkyl halides is 3. The third-order valence-corrected chi connectivity index (χ3v) is 5.13. The molecule has 2 aromatic heterocycles. The maximum atomic E-state index is 13.0. The van der Waals surface area contributed by atoms with Gasteiger partial charge in [-0.3, -0.25) is 19.9 Å². The molecule has 0 fully saturated rings. The van der Waals surface area contributed by atoms with Gasteiger partial charge < -0.3 is 25.5 Å². The van der Waals surface area contributed by atoms with Crippen LogP contribution in [0, 0.1) is 5.41 Å². The van der Waals surface area contributed by atoms with Gasteiger partial charge in [-0.1, -0.05) is 13.5 Å². The second-order valence-electron chi connectivity index (χ2n) is 8.53. The van der Waals surface area contributed by atoms with Gasteiger partial charge in [0.05, 0.1) is 11.8 Å². The van der Waals surface area contributed by atoms with Crippen LogP contribution < -0.4 is 16.0 Å². The van der Waals surface area contributed by atoms with E-state index in [9.17, 15) is 27.9 Å². The van der Waals surface area contributed by atoms with E-state index in [2.05, 4.69) is 32.5 Å². The Kier molecular flexibility index (Phi) is 11.2. The number of anilines is 1. The molecule has 0 saturated carbocycles. The number of carbonyl (C=O) groups is 2. The minimum Gasteiger partial charge on any atom is -0.444 e. The average Bonchev–Trinajstić information content (AvgIpc) is 3.38. The topological polar surface area (TPSA) is 156 Å². The highest BCUT2D eigenvalue weighted by Crippen LogP contribution is 2.22. The largest absolute Gasteiger partial charge is 0.444 e. The van der Waals surface area contributed by atoms with E-state index in [1.54, 1.807) is 14.0 Å². The Morgan fingerprint density at radius 1 is 1.36 bits per heavy atom. The van der Waals surface area contributed by atoms with Crippen LogP contribution in [0.3, 0.4) is 0 Å². The van der Waals surface area contributed by atoms with Crippen molar-refractivity contribution in [2.45, 2.75) is 45.4 Å². The Labute approximate surface area is 223 Å². The lowest BCUT2D eigenvalue weighted by Gasteiger charge is -2.25. The second kappa shape index (κ2) is 14.1. The number of nitrogens with zero attached hydrogens (tertiary/aromatic N) is 3. The van der Waals surface area contributed by atoms with E-state index in [0.717, 1.165) is 6.26 Å². The van der Waals surface area contributed by atoms with Crippen molar-refractivity contribution in [2.75, 3.05) is 25.5 Å². The SMILES string of the molecule is C=C(CCC(C)O)C(=O)N(CCC)C(=N)/C(=C\NC)NC(=O)c1coc(-c2ccnc(NCC(F)(F)F)c2)n1. The Morgan fingerprint density at radius 3 is 2.69 bits per heavy atom. The van der Waals surface area contributed by atoms with Crippen LogP contribution in [-0.4, -0.2) is 70.0 Å². The highest BCUT2D eigenvalue weighted by atomic mass is 19.4. The zero-order chi connectivity index (χ0) is 29.2. The molecule has 1 atom stereocenters. The molecule has 212 valence electrons. The number of rotatable bonds is 13. The summed E-state index contributed by atoms with van der Waals surface area (Å²) in [5, 5.41) is 25.5. The Morgan fingerprint density at radius 2 is 2.08 bits per heavy atom. The predicted molar refractivity (Wildman–Crippen MR) is 139 cm³/mol. The first-order chi connectivity index (χ1) is 18.4. The molecule has 2 aromatic rings. The lowest BCUT2D eigenvalue weighted by atomic mass is 10.1. The van der Waals surface area contributed by atoms with Crippen molar-refractivity contribution >= 4 is 23.5 Å². The molecule has 2 amide bonds. The van der Waals surface area contributed by atoms with Crippen LogP contribution in [0.1, 0.15) is 43.6 Å². The number of nitrogens with one attached hydrogen (secondary N) is 4. The molecule has 0 aliphatic rings. The second-order valence-corrected chi connectivity index (χ2v) is 8.53. The minimum atomic E-state index is -4.43. The van der Waals surface area contributed by atoms with E-state index in [1.807, 2.05) is 6.92 Å². The molecule has 5 N–H and O–H groups in total. The van der Waals surface area contributed by atoms with Crippen molar-refractivity contribution < 1.29 is 32.3 Å². The van der Waals surface area contributed by atoms with Crippen LogP contribution >= 0.6 is 0 Å². The molecule has 2 heterocycles. The van der Waals surface area contributed by atoms with Gasteiger partial charge in [-0.05, 0) is 38.3 Å². The van der Waals surface area contributed by atoms with Gasteiger partial charge in [-0.15, -0.1) is 0 Å². The molecule has 0 bridgehead atoms. The summed E-state index contributed by atoms with van der Waals surface area (Å²) in [6.07, 6.45) is -0.293. The van der Waals surface area contributed by atoms with Gasteiger partial charge in [0.1, 0.15) is 18.6 Å². The predicted octanol–water partition coefficient (Wildman–Crippen LogP) is 3.43. The normalized spacial score (nSPS) is 12.4. The summed E-state index contributed by atoms with van der Waals surface area (Å²) in [7, 11) is 1.55. The quantitative estimate of drug-likeness (QED) is 0.144. The maximum Gasteiger partial charge on any atom is 0.405 e. The van der Waals surface area contributed by atoms with Crippen LogP contribution in [0.15, 0.2) is 53.1 Å². The lowest BCUT2D eigenvalue weighted by Crippen LogP contribution is -2.43. The number of hydrogen-bond acceptors (Lipinski definition) is 9. The van der Waals surface area contributed by atoms with Crippen LogP contribution in [-0.2, 0) is 4.79 Å². The third-order valence-electron chi connectivity index (χ3n) is 5.13. The van der Waals surface area contributed by atoms with Crippen LogP contribution in [0.5, 0.6) is 0 Å². The van der Waals surface area contributed by atoms with E-state index >= 15 is 0 Å². The smallest absolute Gasteiger partial charge is 0.405 e. The van der Waals surface area contributed by atoms with Gasteiger partial charge in [0.25, 0.3) is 11.8 Å². The van der Waals surface area contributed by atoms with Crippen LogP contribution in [0.25, 0.3) is 11.5 Å². The molecule has 39 heavy (non-hydrogen) atoms. The number of amides is 2. The molecule has 2 rings (SSSR count). The fourth-order valence-electron chi connectivity index (χ4n) is 3.22. The molecule has 0 aromatic carbocycles. The summed E-state index contributed by atoms with van der Waals surface area (Å²) >= 11 is 0. The van der Waals surface area contributed by atoms with Crippen molar-refractivity contribution in [3.63, 3.8) is 0 Å². The van der Waals surface area contributed by atoms with Gasteiger partial charge in [0.2, 0.25) is 5.89 Å². The number of hydrogen-bond donors (Lipinski definition) is 5. The Balaban J connectivity index is 2.19. The summed E-state index contributed by atoms with van der Waals surface area (Å²) < 4.78 is 42.8. The number of aliphatic hydroxyl groups is 1. The summed E-state index contributed by atoms with van der Waals surface area (Å²) in [5.41, 5.74) is 0.297. The zero-order valence-corrected chi connectivity index (χ0v) is 21.9. The van der Waals surface area contributed by atoms with E-state index in [4.69, 9.17) is 9.83 Å². The molecule has 0 saturated heterocycles. The third kappa shape index (κ3) is 9.56. The summed E-state index contributed by atoms with van der Waals surface area (Å²) in [6.45, 7) is 6.11. The number of aliphatic hydroxyl groups excluding tert-OH is 1. The van der Waals surface area contributed by atoms with Gasteiger partial charge in [-0.25, -0.2) is 9.97 Å². The summed E-state index contributed by atoms with van der Waals surface area (Å²) in [6, 6.07) is 2.74. The van der Waals surface area contributed by atoms with E-state index in [-0.39, 0.29) is 53.0 Å². The average molecular weight is 552 g/mol. The van der Waals surface area contributed by atoms with Crippen molar-refractivity contribution in [3.8, 4) is 11.5 Å². The molecule has 0 radical (unpaired) electrons.